The van der Waals surface area contributed by atoms with Crippen LogP contribution < -0.4 is 10.2 Å². The Kier molecular flexibility index (Phi) is 5.35. The monoisotopic (exact) mass is 290 g/mol. The molecule has 0 saturated carbocycles. The first kappa shape index (κ1) is 14.8. The topological polar surface area (TPSA) is 41.1 Å². The molecule has 2 heterocycles. The molecule has 0 unspecified atom stereocenters. The third-order valence-electron chi connectivity index (χ3n) is 3.27. The minimum Gasteiger partial charge on any atom is -0.373 e. The van der Waals surface area contributed by atoms with E-state index in [0.717, 1.165) is 37.6 Å². The lowest BCUT2D eigenvalue weighted by molar-refractivity contribution is 0.796. The summed E-state index contributed by atoms with van der Waals surface area (Å²) in [6.45, 7) is 6.20. The average Bonchev–Trinajstić information content (AvgIpc) is 2.98. The molecule has 0 amide bonds. The van der Waals surface area contributed by atoms with Crippen LogP contribution >= 0.6 is 11.3 Å². The minimum atomic E-state index is 0.908. The molecule has 0 radical (unpaired) electrons. The molecule has 0 atom stereocenters. The van der Waals surface area contributed by atoms with Gasteiger partial charge in [-0.2, -0.15) is 0 Å². The number of nitrogens with one attached hydrogen (secondary N) is 1. The summed E-state index contributed by atoms with van der Waals surface area (Å²) >= 11 is 1.79. The molecule has 0 aliphatic rings. The van der Waals surface area contributed by atoms with Crippen molar-refractivity contribution in [2.45, 2.75) is 33.2 Å². The fourth-order valence-electron chi connectivity index (χ4n) is 2.30. The molecule has 20 heavy (non-hydrogen) atoms. The molecule has 2 rings (SSSR count). The molecule has 1 N–H and O–H groups in total. The second-order valence-electron chi connectivity index (χ2n) is 4.62. The van der Waals surface area contributed by atoms with Crippen LogP contribution in [0.5, 0.6) is 0 Å². The molecule has 4 nitrogen and oxygen atoms in total. The normalized spacial score (nSPS) is 10.6. The van der Waals surface area contributed by atoms with Gasteiger partial charge in [0.25, 0.3) is 0 Å². The molecule has 2 aromatic heterocycles. The van der Waals surface area contributed by atoms with Crippen LogP contribution in [0.25, 0.3) is 0 Å². The van der Waals surface area contributed by atoms with Gasteiger partial charge >= 0.3 is 0 Å². The molecule has 2 aromatic rings. The molecule has 0 aliphatic carbocycles. The Bertz CT molecular complexity index is 525. The predicted octanol–water partition coefficient (Wildman–Crippen LogP) is 3.56. The number of thiophene rings is 1. The fraction of sp³-hybridized carbons (Fsp3) is 0.467. The van der Waals surface area contributed by atoms with Crippen molar-refractivity contribution in [1.29, 1.82) is 0 Å². The molecule has 0 aromatic carbocycles. The quantitative estimate of drug-likeness (QED) is 0.846. The van der Waals surface area contributed by atoms with Gasteiger partial charge in [-0.15, -0.1) is 11.3 Å². The lowest BCUT2D eigenvalue weighted by Gasteiger charge is -2.24. The van der Waals surface area contributed by atoms with Gasteiger partial charge in [0.1, 0.15) is 18.0 Å². The highest BCUT2D eigenvalue weighted by atomic mass is 32.1. The molecule has 0 fully saturated rings. The first-order valence-electron chi connectivity index (χ1n) is 7.09. The first-order chi connectivity index (χ1) is 9.80. The predicted molar refractivity (Wildman–Crippen MR) is 86.6 cm³/mol. The van der Waals surface area contributed by atoms with E-state index in [0.29, 0.717) is 0 Å². The van der Waals surface area contributed by atoms with Gasteiger partial charge < -0.3 is 10.2 Å². The second kappa shape index (κ2) is 7.24. The Balaban J connectivity index is 2.32. The zero-order valence-corrected chi connectivity index (χ0v) is 13.2. The number of rotatable bonds is 7. The maximum absolute atomic E-state index is 4.54. The lowest BCUT2D eigenvalue weighted by atomic mass is 10.1. The summed E-state index contributed by atoms with van der Waals surface area (Å²) in [5, 5.41) is 5.30. The van der Waals surface area contributed by atoms with Crippen LogP contribution in [-0.4, -0.2) is 23.6 Å². The molecular formula is C15H22N4S. The van der Waals surface area contributed by atoms with E-state index >= 15 is 0 Å². The van der Waals surface area contributed by atoms with E-state index in [1.807, 2.05) is 7.05 Å². The molecule has 108 valence electrons. The van der Waals surface area contributed by atoms with E-state index in [1.54, 1.807) is 17.7 Å². The van der Waals surface area contributed by atoms with Crippen LogP contribution in [0.15, 0.2) is 23.8 Å². The Hall–Kier alpha value is -1.62. The summed E-state index contributed by atoms with van der Waals surface area (Å²) in [5.41, 5.74) is 1.22. The van der Waals surface area contributed by atoms with E-state index < -0.39 is 0 Å². The van der Waals surface area contributed by atoms with Crippen molar-refractivity contribution in [3.05, 3.63) is 34.3 Å². The number of hydrogen-bond acceptors (Lipinski definition) is 5. The Labute approximate surface area is 124 Å². The van der Waals surface area contributed by atoms with Gasteiger partial charge in [-0.25, -0.2) is 9.97 Å². The summed E-state index contributed by atoms with van der Waals surface area (Å²) in [6.07, 6.45) is 3.73. The summed E-state index contributed by atoms with van der Waals surface area (Å²) in [7, 11) is 1.92. The van der Waals surface area contributed by atoms with Gasteiger partial charge in [0, 0.05) is 24.0 Å². The molecule has 0 saturated heterocycles. The minimum absolute atomic E-state index is 0.908. The van der Waals surface area contributed by atoms with E-state index in [1.165, 1.54) is 10.4 Å². The van der Waals surface area contributed by atoms with Crippen LogP contribution in [0.2, 0.25) is 0 Å². The highest BCUT2D eigenvalue weighted by Gasteiger charge is 2.15. The van der Waals surface area contributed by atoms with Gasteiger partial charge in [0.05, 0.1) is 6.54 Å². The smallest absolute Gasteiger partial charge is 0.137 e. The number of hydrogen-bond donors (Lipinski definition) is 1. The van der Waals surface area contributed by atoms with E-state index in [-0.39, 0.29) is 0 Å². The Morgan fingerprint density at radius 1 is 1.30 bits per heavy atom. The van der Waals surface area contributed by atoms with Crippen molar-refractivity contribution in [2.75, 3.05) is 23.8 Å². The summed E-state index contributed by atoms with van der Waals surface area (Å²) in [5.74, 6) is 2.00. The maximum Gasteiger partial charge on any atom is 0.137 e. The van der Waals surface area contributed by atoms with E-state index in [2.05, 4.69) is 51.5 Å². The van der Waals surface area contributed by atoms with E-state index in [9.17, 15) is 0 Å². The second-order valence-corrected chi connectivity index (χ2v) is 5.65. The third kappa shape index (κ3) is 3.28. The largest absolute Gasteiger partial charge is 0.373 e. The van der Waals surface area contributed by atoms with Gasteiger partial charge in [0.2, 0.25) is 0 Å². The van der Waals surface area contributed by atoms with Crippen molar-refractivity contribution in [2.24, 2.45) is 0 Å². The SMILES string of the molecule is CCCc1c(NC)ncnc1N(CC)Cc1cccs1. The van der Waals surface area contributed by atoms with Crippen LogP contribution in [0.1, 0.15) is 30.7 Å². The van der Waals surface area contributed by atoms with Gasteiger partial charge in [0.15, 0.2) is 0 Å². The molecule has 5 heteroatoms. The number of aromatic nitrogens is 2. The van der Waals surface area contributed by atoms with Crippen LogP contribution in [0.3, 0.4) is 0 Å². The highest BCUT2D eigenvalue weighted by Crippen LogP contribution is 2.26. The zero-order chi connectivity index (χ0) is 14.4. The Morgan fingerprint density at radius 3 is 2.75 bits per heavy atom. The van der Waals surface area contributed by atoms with Crippen molar-refractivity contribution >= 4 is 23.0 Å². The van der Waals surface area contributed by atoms with Crippen molar-refractivity contribution < 1.29 is 0 Å². The molecule has 0 bridgehead atoms. The average molecular weight is 290 g/mol. The number of nitrogens with zero attached hydrogens (tertiary/aromatic N) is 3. The zero-order valence-electron chi connectivity index (χ0n) is 12.4. The lowest BCUT2D eigenvalue weighted by Crippen LogP contribution is -2.24. The number of anilines is 2. The van der Waals surface area contributed by atoms with Gasteiger partial charge in [-0.05, 0) is 24.8 Å². The van der Waals surface area contributed by atoms with Gasteiger partial charge in [-0.3, -0.25) is 0 Å². The summed E-state index contributed by atoms with van der Waals surface area (Å²) < 4.78 is 0. The highest BCUT2D eigenvalue weighted by molar-refractivity contribution is 7.09. The van der Waals surface area contributed by atoms with Gasteiger partial charge in [-0.1, -0.05) is 19.4 Å². The summed E-state index contributed by atoms with van der Waals surface area (Å²) in [4.78, 5) is 12.6. The summed E-state index contributed by atoms with van der Waals surface area (Å²) in [6, 6.07) is 4.27. The van der Waals surface area contributed by atoms with Crippen molar-refractivity contribution in [3.63, 3.8) is 0 Å². The van der Waals surface area contributed by atoms with E-state index in [4.69, 9.17) is 0 Å². The fourth-order valence-corrected chi connectivity index (χ4v) is 3.02. The standard InChI is InChI=1S/C15H22N4S/c1-4-7-13-14(16-3)17-11-18-15(13)19(5-2)10-12-8-6-9-20-12/h6,8-9,11H,4-5,7,10H2,1-3H3,(H,16,17,18). The molecule has 0 spiro atoms. The van der Waals surface area contributed by atoms with Crippen LogP contribution in [0.4, 0.5) is 11.6 Å². The first-order valence-corrected chi connectivity index (χ1v) is 7.97. The van der Waals surface area contributed by atoms with Crippen molar-refractivity contribution in [3.8, 4) is 0 Å². The maximum atomic E-state index is 4.54. The third-order valence-corrected chi connectivity index (χ3v) is 4.13. The molecular weight excluding hydrogens is 268 g/mol. The molecule has 0 aliphatic heterocycles. The van der Waals surface area contributed by atoms with Crippen molar-refractivity contribution in [1.82, 2.24) is 9.97 Å². The van der Waals surface area contributed by atoms with Crippen LogP contribution in [-0.2, 0) is 13.0 Å². The Morgan fingerprint density at radius 2 is 2.15 bits per heavy atom. The van der Waals surface area contributed by atoms with Crippen LogP contribution in [0, 0.1) is 0 Å².